The molecule has 1 fully saturated rings. The van der Waals surface area contributed by atoms with Crippen molar-refractivity contribution in [2.24, 2.45) is 0 Å². The van der Waals surface area contributed by atoms with E-state index in [1.807, 2.05) is 0 Å². The van der Waals surface area contributed by atoms with E-state index in [0.29, 0.717) is 6.04 Å². The predicted octanol–water partition coefficient (Wildman–Crippen LogP) is 3.46. The fourth-order valence-corrected chi connectivity index (χ4v) is 2.42. The molecule has 0 amide bonds. The van der Waals surface area contributed by atoms with Crippen LogP contribution in [-0.2, 0) is 13.1 Å². The van der Waals surface area contributed by atoms with Crippen molar-refractivity contribution in [2.45, 2.75) is 71.6 Å². The SMILES string of the molecule is CCCC(C)N(C)Cc1cc(CNC2CC2)c(C)o1. The molecule has 0 aromatic carbocycles. The minimum absolute atomic E-state index is 0.614. The van der Waals surface area contributed by atoms with Gasteiger partial charge in [0.2, 0.25) is 0 Å². The number of aryl methyl sites for hydroxylation is 1. The molecule has 108 valence electrons. The van der Waals surface area contributed by atoms with Crippen molar-refractivity contribution in [1.29, 1.82) is 0 Å². The molecule has 0 spiro atoms. The van der Waals surface area contributed by atoms with Crippen molar-refractivity contribution in [1.82, 2.24) is 10.2 Å². The number of furan rings is 1. The van der Waals surface area contributed by atoms with Crippen LogP contribution in [0.4, 0.5) is 0 Å². The third-order valence-corrected chi connectivity index (χ3v) is 4.09. The average molecular weight is 264 g/mol. The Hall–Kier alpha value is -0.800. The van der Waals surface area contributed by atoms with Gasteiger partial charge in [0.25, 0.3) is 0 Å². The predicted molar refractivity (Wildman–Crippen MR) is 79.1 cm³/mol. The van der Waals surface area contributed by atoms with Crippen LogP contribution in [0.5, 0.6) is 0 Å². The summed E-state index contributed by atoms with van der Waals surface area (Å²) >= 11 is 0. The lowest BCUT2D eigenvalue weighted by Crippen LogP contribution is -2.28. The van der Waals surface area contributed by atoms with Crippen LogP contribution >= 0.6 is 0 Å². The number of nitrogens with zero attached hydrogens (tertiary/aromatic N) is 1. The number of hydrogen-bond donors (Lipinski definition) is 1. The number of hydrogen-bond acceptors (Lipinski definition) is 3. The van der Waals surface area contributed by atoms with Gasteiger partial charge in [-0.3, -0.25) is 4.90 Å². The van der Waals surface area contributed by atoms with E-state index >= 15 is 0 Å². The fourth-order valence-electron chi connectivity index (χ4n) is 2.42. The summed E-state index contributed by atoms with van der Waals surface area (Å²) in [7, 11) is 2.18. The minimum atomic E-state index is 0.614. The van der Waals surface area contributed by atoms with Crippen LogP contribution in [0.15, 0.2) is 10.5 Å². The molecule has 0 aliphatic heterocycles. The van der Waals surface area contributed by atoms with Gasteiger partial charge in [0.15, 0.2) is 0 Å². The van der Waals surface area contributed by atoms with Gasteiger partial charge < -0.3 is 9.73 Å². The molecule has 1 N–H and O–H groups in total. The molecule has 19 heavy (non-hydrogen) atoms. The van der Waals surface area contributed by atoms with Gasteiger partial charge in [-0.2, -0.15) is 0 Å². The van der Waals surface area contributed by atoms with E-state index in [1.54, 1.807) is 0 Å². The van der Waals surface area contributed by atoms with Gasteiger partial charge in [-0.15, -0.1) is 0 Å². The summed E-state index contributed by atoms with van der Waals surface area (Å²) in [6.07, 6.45) is 5.15. The van der Waals surface area contributed by atoms with Crippen LogP contribution in [-0.4, -0.2) is 24.0 Å². The number of rotatable bonds is 8. The first-order chi connectivity index (χ1) is 9.10. The molecule has 3 nitrogen and oxygen atoms in total. The van der Waals surface area contributed by atoms with Crippen molar-refractivity contribution in [2.75, 3.05) is 7.05 Å². The Kier molecular flexibility index (Phi) is 5.06. The van der Waals surface area contributed by atoms with E-state index in [2.05, 4.69) is 44.1 Å². The normalized spacial score (nSPS) is 17.1. The highest BCUT2D eigenvalue weighted by Crippen LogP contribution is 2.22. The Labute approximate surface area is 117 Å². The van der Waals surface area contributed by atoms with Crippen molar-refractivity contribution < 1.29 is 4.42 Å². The molecular formula is C16H28N2O. The van der Waals surface area contributed by atoms with Crippen molar-refractivity contribution in [3.05, 3.63) is 23.2 Å². The monoisotopic (exact) mass is 264 g/mol. The van der Waals surface area contributed by atoms with Gasteiger partial charge in [-0.05, 0) is 46.2 Å². The van der Waals surface area contributed by atoms with Crippen LogP contribution in [0.3, 0.4) is 0 Å². The second-order valence-corrected chi connectivity index (χ2v) is 6.00. The third kappa shape index (κ3) is 4.36. The first kappa shape index (κ1) is 14.6. The molecule has 1 saturated carbocycles. The zero-order valence-electron chi connectivity index (χ0n) is 12.8. The van der Waals surface area contributed by atoms with Crippen molar-refractivity contribution >= 4 is 0 Å². The molecule has 2 rings (SSSR count). The van der Waals surface area contributed by atoms with Crippen LogP contribution in [0, 0.1) is 6.92 Å². The van der Waals surface area contributed by atoms with E-state index in [4.69, 9.17) is 4.42 Å². The van der Waals surface area contributed by atoms with Gasteiger partial charge in [0.1, 0.15) is 11.5 Å². The Morgan fingerprint density at radius 1 is 1.47 bits per heavy atom. The maximum atomic E-state index is 5.88. The molecule has 1 unspecified atom stereocenters. The first-order valence-electron chi connectivity index (χ1n) is 7.62. The third-order valence-electron chi connectivity index (χ3n) is 4.09. The minimum Gasteiger partial charge on any atom is -0.465 e. The summed E-state index contributed by atoms with van der Waals surface area (Å²) in [6, 6.07) is 3.59. The highest BCUT2D eigenvalue weighted by atomic mass is 16.3. The molecule has 1 heterocycles. The lowest BCUT2D eigenvalue weighted by atomic mass is 10.1. The van der Waals surface area contributed by atoms with Crippen LogP contribution < -0.4 is 5.32 Å². The quantitative estimate of drug-likeness (QED) is 0.779. The zero-order chi connectivity index (χ0) is 13.8. The highest BCUT2D eigenvalue weighted by molar-refractivity contribution is 5.21. The molecule has 0 radical (unpaired) electrons. The Morgan fingerprint density at radius 2 is 2.21 bits per heavy atom. The summed E-state index contributed by atoms with van der Waals surface area (Å²) in [5, 5.41) is 3.55. The lowest BCUT2D eigenvalue weighted by Gasteiger charge is -2.23. The second kappa shape index (κ2) is 6.58. The standard InChI is InChI=1S/C16H28N2O/c1-5-6-12(2)18(4)11-16-9-14(13(3)19-16)10-17-15-7-8-15/h9,12,15,17H,5-8,10-11H2,1-4H3. The summed E-state index contributed by atoms with van der Waals surface area (Å²) in [5.74, 6) is 2.16. The smallest absolute Gasteiger partial charge is 0.118 e. The molecular weight excluding hydrogens is 236 g/mol. The maximum absolute atomic E-state index is 5.88. The first-order valence-corrected chi connectivity index (χ1v) is 7.62. The summed E-state index contributed by atoms with van der Waals surface area (Å²) < 4.78 is 5.88. The molecule has 1 aliphatic rings. The molecule has 1 aromatic heterocycles. The average Bonchev–Trinajstić information content (AvgIpc) is 3.12. The van der Waals surface area contributed by atoms with Crippen LogP contribution in [0.2, 0.25) is 0 Å². The Morgan fingerprint density at radius 3 is 2.84 bits per heavy atom. The summed E-state index contributed by atoms with van der Waals surface area (Å²) in [6.45, 7) is 8.46. The Bertz CT molecular complexity index is 395. The van der Waals surface area contributed by atoms with Gasteiger partial charge in [0, 0.05) is 24.2 Å². The maximum Gasteiger partial charge on any atom is 0.118 e. The molecule has 1 aliphatic carbocycles. The molecule has 3 heteroatoms. The Balaban J connectivity index is 1.87. The second-order valence-electron chi connectivity index (χ2n) is 6.00. The molecule has 1 aromatic rings. The van der Waals surface area contributed by atoms with E-state index < -0.39 is 0 Å². The fraction of sp³-hybridized carbons (Fsp3) is 0.750. The number of nitrogens with one attached hydrogen (secondary N) is 1. The topological polar surface area (TPSA) is 28.4 Å². The van der Waals surface area contributed by atoms with E-state index in [-0.39, 0.29) is 0 Å². The van der Waals surface area contributed by atoms with Crippen LogP contribution in [0.25, 0.3) is 0 Å². The largest absolute Gasteiger partial charge is 0.465 e. The molecule has 1 atom stereocenters. The van der Waals surface area contributed by atoms with Crippen molar-refractivity contribution in [3.63, 3.8) is 0 Å². The summed E-state index contributed by atoms with van der Waals surface area (Å²) in [4.78, 5) is 2.37. The van der Waals surface area contributed by atoms with Gasteiger partial charge in [-0.1, -0.05) is 13.3 Å². The van der Waals surface area contributed by atoms with Gasteiger partial charge >= 0.3 is 0 Å². The molecule has 0 saturated heterocycles. The summed E-state index contributed by atoms with van der Waals surface area (Å²) in [5.41, 5.74) is 1.32. The molecule has 0 bridgehead atoms. The van der Waals surface area contributed by atoms with Gasteiger partial charge in [0.05, 0.1) is 6.54 Å². The zero-order valence-corrected chi connectivity index (χ0v) is 12.8. The van der Waals surface area contributed by atoms with Crippen LogP contribution in [0.1, 0.15) is 56.6 Å². The van der Waals surface area contributed by atoms with E-state index in [0.717, 1.165) is 30.7 Å². The van der Waals surface area contributed by atoms with E-state index in [9.17, 15) is 0 Å². The van der Waals surface area contributed by atoms with Crippen molar-refractivity contribution in [3.8, 4) is 0 Å². The highest BCUT2D eigenvalue weighted by Gasteiger charge is 2.21. The van der Waals surface area contributed by atoms with Gasteiger partial charge in [-0.25, -0.2) is 0 Å². The lowest BCUT2D eigenvalue weighted by molar-refractivity contribution is 0.218. The van der Waals surface area contributed by atoms with E-state index in [1.165, 1.54) is 31.2 Å².